The normalized spacial score (nSPS) is 15.2. The fourth-order valence-electron chi connectivity index (χ4n) is 3.32. The minimum absolute atomic E-state index is 0.281. The van der Waals surface area contributed by atoms with Gasteiger partial charge in [0.25, 0.3) is 5.91 Å². The third-order valence-electron chi connectivity index (χ3n) is 4.42. The Kier molecular flexibility index (Phi) is 4.34. The van der Waals surface area contributed by atoms with Gasteiger partial charge in [0, 0.05) is 16.1 Å². The van der Waals surface area contributed by atoms with Crippen LogP contribution in [0.5, 0.6) is 0 Å². The van der Waals surface area contributed by atoms with Gasteiger partial charge in [0.2, 0.25) is 0 Å². The summed E-state index contributed by atoms with van der Waals surface area (Å²) >= 11 is 12.4. The molecule has 4 rings (SSSR count). The number of carbonyl (C=O) groups excluding carboxylic acids is 1. The first-order valence-electron chi connectivity index (χ1n) is 8.15. The van der Waals surface area contributed by atoms with Crippen LogP contribution >= 0.6 is 23.2 Å². The first kappa shape index (κ1) is 16.9. The van der Waals surface area contributed by atoms with Crippen molar-refractivity contribution in [3.8, 4) is 5.69 Å². The van der Waals surface area contributed by atoms with E-state index in [9.17, 15) is 4.79 Å². The highest BCUT2D eigenvalue weighted by Crippen LogP contribution is 2.37. The Morgan fingerprint density at radius 2 is 2.12 bits per heavy atom. The van der Waals surface area contributed by atoms with E-state index in [1.54, 1.807) is 35.4 Å². The second-order valence-electron chi connectivity index (χ2n) is 6.13. The fraction of sp³-hybridized carbons (Fsp3) is 0.158. The van der Waals surface area contributed by atoms with Crippen LogP contribution in [-0.2, 0) is 6.42 Å². The molecule has 7 heteroatoms. The van der Waals surface area contributed by atoms with Crippen molar-refractivity contribution in [1.29, 1.82) is 0 Å². The molecule has 1 aromatic carbocycles. The molecule has 0 bridgehead atoms. The van der Waals surface area contributed by atoms with E-state index in [4.69, 9.17) is 33.4 Å². The number of allylic oxidation sites excluding steroid dienone is 1. The number of carbonyl (C=O) groups is 1. The van der Waals surface area contributed by atoms with Gasteiger partial charge in [-0.15, -0.1) is 0 Å². The minimum atomic E-state index is -0.547. The molecule has 0 aliphatic heterocycles. The van der Waals surface area contributed by atoms with Gasteiger partial charge in [-0.2, -0.15) is 5.10 Å². The zero-order valence-corrected chi connectivity index (χ0v) is 15.2. The van der Waals surface area contributed by atoms with Crippen LogP contribution in [0.3, 0.4) is 0 Å². The first-order chi connectivity index (χ1) is 12.5. The summed E-state index contributed by atoms with van der Waals surface area (Å²) in [7, 11) is 0. The highest BCUT2D eigenvalue weighted by Gasteiger charge is 2.28. The van der Waals surface area contributed by atoms with Gasteiger partial charge in [0.05, 0.1) is 28.9 Å². The number of halogens is 2. The van der Waals surface area contributed by atoms with Crippen LogP contribution in [-0.4, -0.2) is 15.7 Å². The molecule has 2 heterocycles. The van der Waals surface area contributed by atoms with E-state index in [1.807, 2.05) is 12.1 Å². The number of benzene rings is 1. The summed E-state index contributed by atoms with van der Waals surface area (Å²) in [5.74, 6) is -0.547. The summed E-state index contributed by atoms with van der Waals surface area (Å²) in [4.78, 5) is 11.9. The average Bonchev–Trinajstić information content (AvgIpc) is 3.23. The van der Waals surface area contributed by atoms with E-state index in [2.05, 4.69) is 5.10 Å². The lowest BCUT2D eigenvalue weighted by molar-refractivity contribution is 0.0994. The molecule has 0 saturated heterocycles. The van der Waals surface area contributed by atoms with Crippen LogP contribution in [0.15, 0.2) is 41.2 Å². The standard InChI is InChI=1S/C19H15Cl2N3O2/c20-13-4-5-16(15(21)9-13)24-18-12(8-11-6-7-26-10-11)2-1-3-14(18)17(23-24)19(22)25/h4-10H,1-3H2,(H2,22,25)/b12-8+. The van der Waals surface area contributed by atoms with E-state index in [0.29, 0.717) is 15.7 Å². The largest absolute Gasteiger partial charge is 0.472 e. The van der Waals surface area contributed by atoms with Crippen molar-refractivity contribution in [2.45, 2.75) is 19.3 Å². The molecule has 0 unspecified atom stereocenters. The number of primary amides is 1. The van der Waals surface area contributed by atoms with Gasteiger partial charge in [-0.25, -0.2) is 4.68 Å². The molecule has 26 heavy (non-hydrogen) atoms. The van der Waals surface area contributed by atoms with E-state index in [1.165, 1.54) is 0 Å². The summed E-state index contributed by atoms with van der Waals surface area (Å²) in [6.45, 7) is 0. The third kappa shape index (κ3) is 2.93. The number of hydrogen-bond donors (Lipinski definition) is 1. The van der Waals surface area contributed by atoms with E-state index < -0.39 is 5.91 Å². The number of fused-ring (bicyclic) bond motifs is 1. The Labute approximate surface area is 160 Å². The van der Waals surface area contributed by atoms with Gasteiger partial charge in [0.1, 0.15) is 0 Å². The van der Waals surface area contributed by atoms with E-state index in [-0.39, 0.29) is 5.69 Å². The molecule has 5 nitrogen and oxygen atoms in total. The molecular formula is C19H15Cl2N3O2. The predicted octanol–water partition coefficient (Wildman–Crippen LogP) is 4.75. The van der Waals surface area contributed by atoms with Crippen molar-refractivity contribution in [2.75, 3.05) is 0 Å². The molecule has 2 aromatic heterocycles. The molecule has 0 radical (unpaired) electrons. The van der Waals surface area contributed by atoms with Crippen molar-refractivity contribution in [3.05, 3.63) is 69.4 Å². The SMILES string of the molecule is NC(=O)c1nn(-c2ccc(Cl)cc2Cl)c2c1CCC/C2=C\c1ccoc1. The van der Waals surface area contributed by atoms with Crippen LogP contribution in [0, 0.1) is 0 Å². The van der Waals surface area contributed by atoms with Crippen LogP contribution < -0.4 is 5.73 Å². The van der Waals surface area contributed by atoms with E-state index in [0.717, 1.165) is 41.7 Å². The van der Waals surface area contributed by atoms with Crippen molar-refractivity contribution < 1.29 is 9.21 Å². The molecular weight excluding hydrogens is 373 g/mol. The summed E-state index contributed by atoms with van der Waals surface area (Å²) < 4.78 is 6.85. The van der Waals surface area contributed by atoms with Gasteiger partial charge in [-0.3, -0.25) is 4.79 Å². The van der Waals surface area contributed by atoms with Gasteiger partial charge in [-0.05, 0) is 55.2 Å². The Balaban J connectivity index is 1.97. The third-order valence-corrected chi connectivity index (χ3v) is 4.95. The monoisotopic (exact) mass is 387 g/mol. The van der Waals surface area contributed by atoms with Gasteiger partial charge < -0.3 is 10.2 Å². The molecule has 0 fully saturated rings. The molecule has 132 valence electrons. The topological polar surface area (TPSA) is 74.1 Å². The molecule has 1 aliphatic carbocycles. The highest BCUT2D eigenvalue weighted by molar-refractivity contribution is 6.35. The van der Waals surface area contributed by atoms with Crippen molar-refractivity contribution >= 4 is 40.8 Å². The number of nitrogens with zero attached hydrogens (tertiary/aromatic N) is 2. The Hall–Kier alpha value is -2.50. The van der Waals surface area contributed by atoms with Crippen LogP contribution in [0.4, 0.5) is 0 Å². The maximum atomic E-state index is 11.9. The lowest BCUT2D eigenvalue weighted by Crippen LogP contribution is -2.15. The van der Waals surface area contributed by atoms with Crippen molar-refractivity contribution in [1.82, 2.24) is 9.78 Å². The second kappa shape index (κ2) is 6.67. The zero-order valence-electron chi connectivity index (χ0n) is 13.7. The first-order valence-corrected chi connectivity index (χ1v) is 8.90. The summed E-state index contributed by atoms with van der Waals surface area (Å²) in [6, 6.07) is 7.06. The molecule has 2 N–H and O–H groups in total. The zero-order chi connectivity index (χ0) is 18.3. The van der Waals surface area contributed by atoms with Gasteiger partial charge in [0.15, 0.2) is 5.69 Å². The lowest BCUT2D eigenvalue weighted by Gasteiger charge is -2.18. The molecule has 0 atom stereocenters. The second-order valence-corrected chi connectivity index (χ2v) is 6.97. The Morgan fingerprint density at radius 1 is 1.27 bits per heavy atom. The maximum Gasteiger partial charge on any atom is 0.269 e. The Morgan fingerprint density at radius 3 is 2.81 bits per heavy atom. The van der Waals surface area contributed by atoms with Crippen molar-refractivity contribution in [3.63, 3.8) is 0 Å². The average molecular weight is 388 g/mol. The lowest BCUT2D eigenvalue weighted by atomic mass is 9.90. The number of nitrogens with two attached hydrogens (primary N) is 1. The summed E-state index contributed by atoms with van der Waals surface area (Å²) in [6.07, 6.45) is 7.84. The molecule has 1 aliphatic rings. The van der Waals surface area contributed by atoms with Gasteiger partial charge in [-0.1, -0.05) is 23.2 Å². The van der Waals surface area contributed by atoms with Crippen LogP contribution in [0.25, 0.3) is 17.3 Å². The van der Waals surface area contributed by atoms with Gasteiger partial charge >= 0.3 is 0 Å². The van der Waals surface area contributed by atoms with E-state index >= 15 is 0 Å². The number of amides is 1. The molecule has 1 amide bonds. The Bertz CT molecular complexity index is 1020. The van der Waals surface area contributed by atoms with Crippen LogP contribution in [0.2, 0.25) is 10.0 Å². The summed E-state index contributed by atoms with van der Waals surface area (Å²) in [5.41, 5.74) is 10.2. The van der Waals surface area contributed by atoms with Crippen LogP contribution in [0.1, 0.15) is 40.2 Å². The van der Waals surface area contributed by atoms with Crippen molar-refractivity contribution in [2.24, 2.45) is 5.73 Å². The summed E-state index contributed by atoms with van der Waals surface area (Å²) in [5, 5.41) is 5.46. The molecule has 3 aromatic rings. The number of rotatable bonds is 3. The highest BCUT2D eigenvalue weighted by atomic mass is 35.5. The molecule has 0 spiro atoms. The minimum Gasteiger partial charge on any atom is -0.472 e. The number of hydrogen-bond acceptors (Lipinski definition) is 3. The fourth-order valence-corrected chi connectivity index (χ4v) is 3.80. The number of furan rings is 1. The quantitative estimate of drug-likeness (QED) is 0.704. The maximum absolute atomic E-state index is 11.9. The predicted molar refractivity (Wildman–Crippen MR) is 102 cm³/mol. The smallest absolute Gasteiger partial charge is 0.269 e. The molecule has 0 saturated carbocycles. The number of aromatic nitrogens is 2.